The summed E-state index contributed by atoms with van der Waals surface area (Å²) in [6.07, 6.45) is 2.80. The van der Waals surface area contributed by atoms with Gasteiger partial charge in [0.15, 0.2) is 0 Å². The molecule has 0 bridgehead atoms. The van der Waals surface area contributed by atoms with Gasteiger partial charge < -0.3 is 5.32 Å². The first-order valence-corrected chi connectivity index (χ1v) is 7.37. The van der Waals surface area contributed by atoms with Crippen LogP contribution in [0.3, 0.4) is 0 Å². The molecule has 2 aromatic rings. The number of anilines is 2. The zero-order valence-electron chi connectivity index (χ0n) is 9.49. The molecule has 0 saturated carbocycles. The van der Waals surface area contributed by atoms with E-state index in [1.807, 2.05) is 6.92 Å². The van der Waals surface area contributed by atoms with E-state index in [2.05, 4.69) is 24.6 Å². The zero-order chi connectivity index (χ0) is 13.0. The summed E-state index contributed by atoms with van der Waals surface area (Å²) in [6, 6.07) is 2.90. The number of rotatable bonds is 5. The van der Waals surface area contributed by atoms with E-state index in [1.165, 1.54) is 24.5 Å². The molecule has 0 atom stereocenters. The zero-order valence-corrected chi connectivity index (χ0v) is 11.1. The molecule has 0 aliphatic heterocycles. The van der Waals surface area contributed by atoms with Gasteiger partial charge in [-0.05, 0) is 13.0 Å². The molecule has 2 aromatic heterocycles. The van der Waals surface area contributed by atoms with Crippen LogP contribution in [0.15, 0.2) is 29.4 Å². The van der Waals surface area contributed by atoms with Crippen molar-refractivity contribution in [2.45, 2.75) is 11.8 Å². The summed E-state index contributed by atoms with van der Waals surface area (Å²) in [7, 11) is -3.62. The first kappa shape index (κ1) is 12.7. The molecule has 0 unspecified atom stereocenters. The first-order chi connectivity index (χ1) is 8.62. The summed E-state index contributed by atoms with van der Waals surface area (Å²) in [5, 5.41) is 6.89. The largest absolute Gasteiger partial charge is 0.370 e. The molecule has 0 saturated heterocycles. The molecule has 0 radical (unpaired) electrons. The summed E-state index contributed by atoms with van der Waals surface area (Å²) in [5.41, 5.74) is 0. The summed E-state index contributed by atoms with van der Waals surface area (Å²) >= 11 is 0.976. The van der Waals surface area contributed by atoms with Crippen LogP contribution >= 0.6 is 11.5 Å². The van der Waals surface area contributed by atoms with E-state index < -0.39 is 10.0 Å². The third-order valence-corrected chi connectivity index (χ3v) is 4.07. The molecule has 0 aliphatic carbocycles. The fourth-order valence-corrected chi connectivity index (χ4v) is 2.96. The molecule has 2 N–H and O–H groups in total. The molecule has 0 amide bonds. The Labute approximate surface area is 108 Å². The topological polar surface area (TPSA) is 96.9 Å². The Morgan fingerprint density at radius 1 is 1.44 bits per heavy atom. The van der Waals surface area contributed by atoms with Gasteiger partial charge >= 0.3 is 0 Å². The average Bonchev–Trinajstić information content (AvgIpc) is 2.82. The van der Waals surface area contributed by atoms with Crippen molar-refractivity contribution in [1.82, 2.24) is 14.6 Å². The van der Waals surface area contributed by atoms with Crippen LogP contribution in [-0.4, -0.2) is 29.5 Å². The number of sulfonamides is 1. The second kappa shape index (κ2) is 5.27. The molecule has 2 heterocycles. The molecule has 0 aliphatic rings. The van der Waals surface area contributed by atoms with Crippen LogP contribution in [0.4, 0.5) is 10.8 Å². The van der Waals surface area contributed by atoms with E-state index in [1.54, 1.807) is 0 Å². The minimum atomic E-state index is -3.62. The highest BCUT2D eigenvalue weighted by Crippen LogP contribution is 2.18. The molecule has 18 heavy (non-hydrogen) atoms. The Bertz CT molecular complexity index is 612. The summed E-state index contributed by atoms with van der Waals surface area (Å²) in [4.78, 5) is 4.15. The van der Waals surface area contributed by atoms with E-state index in [0.29, 0.717) is 17.4 Å². The lowest BCUT2D eigenvalue weighted by Gasteiger charge is -2.07. The first-order valence-electron chi connectivity index (χ1n) is 5.12. The third kappa shape index (κ3) is 2.93. The normalized spacial score (nSPS) is 11.2. The SMILES string of the molecule is CCNc1cc(S(=O)(=O)Nc2cnns2)ccn1. The van der Waals surface area contributed by atoms with Gasteiger partial charge in [-0.3, -0.25) is 4.72 Å². The predicted molar refractivity (Wildman–Crippen MR) is 69.1 cm³/mol. The van der Waals surface area contributed by atoms with Crippen molar-refractivity contribution in [3.8, 4) is 0 Å². The molecule has 0 aromatic carbocycles. The number of nitrogens with one attached hydrogen (secondary N) is 2. The Morgan fingerprint density at radius 3 is 2.94 bits per heavy atom. The lowest BCUT2D eigenvalue weighted by molar-refractivity contribution is 0.601. The predicted octanol–water partition coefficient (Wildman–Crippen LogP) is 1.17. The lowest BCUT2D eigenvalue weighted by Crippen LogP contribution is -2.12. The van der Waals surface area contributed by atoms with E-state index in [4.69, 9.17) is 0 Å². The standard InChI is InChI=1S/C9H11N5O2S2/c1-2-10-8-5-7(3-4-11-8)18(15,16)13-9-6-12-14-17-9/h3-6,13H,2H2,1H3,(H,10,11). The van der Waals surface area contributed by atoms with Crippen LogP contribution in [0.2, 0.25) is 0 Å². The highest BCUT2D eigenvalue weighted by atomic mass is 32.2. The van der Waals surface area contributed by atoms with Gasteiger partial charge in [-0.2, -0.15) is 0 Å². The van der Waals surface area contributed by atoms with Crippen molar-refractivity contribution >= 4 is 32.4 Å². The van der Waals surface area contributed by atoms with Crippen molar-refractivity contribution in [2.75, 3.05) is 16.6 Å². The van der Waals surface area contributed by atoms with Crippen molar-refractivity contribution < 1.29 is 8.42 Å². The maximum atomic E-state index is 12.0. The van der Waals surface area contributed by atoms with E-state index in [0.717, 1.165) is 11.5 Å². The maximum absolute atomic E-state index is 12.0. The van der Waals surface area contributed by atoms with Crippen LogP contribution in [0.25, 0.3) is 0 Å². The highest BCUT2D eigenvalue weighted by molar-refractivity contribution is 7.93. The molecule has 0 spiro atoms. The van der Waals surface area contributed by atoms with E-state index >= 15 is 0 Å². The van der Waals surface area contributed by atoms with Crippen LogP contribution in [0, 0.1) is 0 Å². The summed E-state index contributed by atoms with van der Waals surface area (Å²) in [5.74, 6) is 0.516. The molecular weight excluding hydrogens is 274 g/mol. The van der Waals surface area contributed by atoms with Crippen molar-refractivity contribution in [3.63, 3.8) is 0 Å². The second-order valence-electron chi connectivity index (χ2n) is 3.29. The van der Waals surface area contributed by atoms with Gasteiger partial charge in [-0.1, -0.05) is 4.49 Å². The number of pyridine rings is 1. The lowest BCUT2D eigenvalue weighted by atomic mass is 10.4. The van der Waals surface area contributed by atoms with Crippen molar-refractivity contribution in [2.24, 2.45) is 0 Å². The van der Waals surface area contributed by atoms with Gasteiger partial charge in [0.2, 0.25) is 0 Å². The quantitative estimate of drug-likeness (QED) is 0.855. The summed E-state index contributed by atoms with van der Waals surface area (Å²) in [6.45, 7) is 2.58. The van der Waals surface area contributed by atoms with Gasteiger partial charge in [0.25, 0.3) is 10.0 Å². The molecule has 0 fully saturated rings. The Kier molecular flexibility index (Phi) is 3.72. The fraction of sp³-hybridized carbons (Fsp3) is 0.222. The van der Waals surface area contributed by atoms with Crippen LogP contribution in [0.1, 0.15) is 6.92 Å². The number of aromatic nitrogens is 3. The fourth-order valence-electron chi connectivity index (χ4n) is 1.26. The number of hydrogen-bond acceptors (Lipinski definition) is 7. The Morgan fingerprint density at radius 2 is 2.28 bits per heavy atom. The second-order valence-corrected chi connectivity index (χ2v) is 5.76. The maximum Gasteiger partial charge on any atom is 0.262 e. The van der Waals surface area contributed by atoms with E-state index in [9.17, 15) is 8.42 Å². The number of hydrogen-bond donors (Lipinski definition) is 2. The Balaban J connectivity index is 2.26. The van der Waals surface area contributed by atoms with Gasteiger partial charge in [-0.25, -0.2) is 13.4 Å². The molecule has 96 valence electrons. The smallest absolute Gasteiger partial charge is 0.262 e. The van der Waals surface area contributed by atoms with Crippen LogP contribution in [-0.2, 0) is 10.0 Å². The minimum Gasteiger partial charge on any atom is -0.370 e. The molecule has 2 rings (SSSR count). The number of nitrogens with zero attached hydrogens (tertiary/aromatic N) is 3. The van der Waals surface area contributed by atoms with Crippen molar-refractivity contribution in [1.29, 1.82) is 0 Å². The average molecular weight is 285 g/mol. The summed E-state index contributed by atoms with van der Waals surface area (Å²) < 4.78 is 30.1. The van der Waals surface area contributed by atoms with Crippen LogP contribution in [0.5, 0.6) is 0 Å². The van der Waals surface area contributed by atoms with Gasteiger partial charge in [0.05, 0.1) is 11.1 Å². The van der Waals surface area contributed by atoms with Gasteiger partial charge in [-0.15, -0.1) is 5.10 Å². The third-order valence-electron chi connectivity index (χ3n) is 2.00. The highest BCUT2D eigenvalue weighted by Gasteiger charge is 2.16. The molecule has 9 heteroatoms. The van der Waals surface area contributed by atoms with Crippen molar-refractivity contribution in [3.05, 3.63) is 24.5 Å². The van der Waals surface area contributed by atoms with Crippen LogP contribution < -0.4 is 10.0 Å². The minimum absolute atomic E-state index is 0.141. The molecule has 7 nitrogen and oxygen atoms in total. The molecular formula is C9H11N5O2S2. The van der Waals surface area contributed by atoms with Gasteiger partial charge in [0, 0.05) is 30.3 Å². The van der Waals surface area contributed by atoms with Gasteiger partial charge in [0.1, 0.15) is 10.8 Å². The Hall–Kier alpha value is -1.74. The van der Waals surface area contributed by atoms with E-state index in [-0.39, 0.29) is 4.90 Å². The monoisotopic (exact) mass is 285 g/mol.